The van der Waals surface area contributed by atoms with Gasteiger partial charge >= 0.3 is 0 Å². The number of nitrogens with one attached hydrogen (secondary N) is 4. The summed E-state index contributed by atoms with van der Waals surface area (Å²) in [5, 5.41) is 13.9. The minimum Gasteiger partial charge on any atom is -0.315 e. The van der Waals surface area contributed by atoms with Crippen molar-refractivity contribution in [3.8, 4) is 0 Å². The van der Waals surface area contributed by atoms with E-state index in [4.69, 9.17) is 0 Å². The topological polar surface area (TPSA) is 48.1 Å². The van der Waals surface area contributed by atoms with Gasteiger partial charge in [0.15, 0.2) is 0 Å². The van der Waals surface area contributed by atoms with Gasteiger partial charge in [-0.25, -0.2) is 0 Å². The fourth-order valence-electron chi connectivity index (χ4n) is 1.89. The van der Waals surface area contributed by atoms with E-state index < -0.39 is 0 Å². The Morgan fingerprint density at radius 1 is 0.562 bits per heavy atom. The number of rotatable bonds is 0. The summed E-state index contributed by atoms with van der Waals surface area (Å²) in [5.74, 6) is 1.42. The van der Waals surface area contributed by atoms with Crippen molar-refractivity contribution < 1.29 is 0 Å². The molecule has 0 saturated carbocycles. The third kappa shape index (κ3) is 7.17. The van der Waals surface area contributed by atoms with Crippen molar-refractivity contribution >= 4 is 0 Å². The van der Waals surface area contributed by atoms with E-state index in [1.807, 2.05) is 0 Å². The molecular formula is C12H28N4. The minimum atomic E-state index is 0.710. The monoisotopic (exact) mass is 228 g/mol. The van der Waals surface area contributed by atoms with Crippen LogP contribution in [0, 0.1) is 11.8 Å². The smallest absolute Gasteiger partial charge is 0.00768 e. The van der Waals surface area contributed by atoms with Crippen LogP contribution in [0.15, 0.2) is 0 Å². The fourth-order valence-corrected chi connectivity index (χ4v) is 1.89. The van der Waals surface area contributed by atoms with E-state index in [0.29, 0.717) is 11.8 Å². The zero-order valence-electron chi connectivity index (χ0n) is 10.8. The largest absolute Gasteiger partial charge is 0.315 e. The van der Waals surface area contributed by atoms with Gasteiger partial charge in [-0.1, -0.05) is 13.8 Å². The molecule has 16 heavy (non-hydrogen) atoms. The van der Waals surface area contributed by atoms with Gasteiger partial charge in [0.05, 0.1) is 0 Å². The third-order valence-corrected chi connectivity index (χ3v) is 2.93. The van der Waals surface area contributed by atoms with Gasteiger partial charge in [-0.15, -0.1) is 0 Å². The highest BCUT2D eigenvalue weighted by Gasteiger charge is 2.03. The Kier molecular flexibility index (Phi) is 7.76. The average molecular weight is 228 g/mol. The molecule has 0 amide bonds. The molecule has 1 rings (SSSR count). The summed E-state index contributed by atoms with van der Waals surface area (Å²) in [4.78, 5) is 0. The normalized spacial score (nSPS) is 31.9. The molecule has 1 saturated heterocycles. The molecule has 0 unspecified atom stereocenters. The van der Waals surface area contributed by atoms with Crippen LogP contribution >= 0.6 is 0 Å². The van der Waals surface area contributed by atoms with Gasteiger partial charge in [0, 0.05) is 26.2 Å². The van der Waals surface area contributed by atoms with Gasteiger partial charge in [-0.2, -0.15) is 0 Å². The summed E-state index contributed by atoms with van der Waals surface area (Å²) in [5.41, 5.74) is 0. The van der Waals surface area contributed by atoms with Gasteiger partial charge in [0.1, 0.15) is 0 Å². The van der Waals surface area contributed by atoms with E-state index in [0.717, 1.165) is 52.4 Å². The lowest BCUT2D eigenvalue weighted by atomic mass is 10.1. The van der Waals surface area contributed by atoms with Crippen LogP contribution in [0.1, 0.15) is 13.8 Å². The second-order valence-electron chi connectivity index (χ2n) is 5.03. The summed E-state index contributed by atoms with van der Waals surface area (Å²) in [6.45, 7) is 13.3. The molecule has 0 spiro atoms. The van der Waals surface area contributed by atoms with Gasteiger partial charge in [-0.05, 0) is 38.0 Å². The summed E-state index contributed by atoms with van der Waals surface area (Å²) < 4.78 is 0. The van der Waals surface area contributed by atoms with E-state index in [9.17, 15) is 0 Å². The Bertz CT molecular complexity index is 129. The van der Waals surface area contributed by atoms with Crippen molar-refractivity contribution in [1.29, 1.82) is 0 Å². The highest BCUT2D eigenvalue weighted by molar-refractivity contribution is 4.66. The molecule has 0 aromatic rings. The molecule has 4 nitrogen and oxygen atoms in total. The maximum atomic E-state index is 3.49. The SMILES string of the molecule is CC1CNCCNCC(C)CNCCNC1. The van der Waals surface area contributed by atoms with E-state index >= 15 is 0 Å². The van der Waals surface area contributed by atoms with E-state index in [-0.39, 0.29) is 0 Å². The lowest BCUT2D eigenvalue weighted by Crippen LogP contribution is -2.39. The molecule has 4 heteroatoms. The second kappa shape index (κ2) is 8.93. The first-order valence-corrected chi connectivity index (χ1v) is 6.62. The lowest BCUT2D eigenvalue weighted by Gasteiger charge is -2.17. The number of hydrogen-bond donors (Lipinski definition) is 4. The van der Waals surface area contributed by atoms with Crippen molar-refractivity contribution in [2.45, 2.75) is 13.8 Å². The molecule has 0 aliphatic carbocycles. The van der Waals surface area contributed by atoms with E-state index in [1.165, 1.54) is 0 Å². The van der Waals surface area contributed by atoms with Gasteiger partial charge < -0.3 is 21.3 Å². The predicted molar refractivity (Wildman–Crippen MR) is 69.8 cm³/mol. The molecule has 1 fully saturated rings. The van der Waals surface area contributed by atoms with Crippen LogP contribution in [0.4, 0.5) is 0 Å². The molecule has 1 aliphatic rings. The maximum Gasteiger partial charge on any atom is 0.00768 e. The molecule has 4 N–H and O–H groups in total. The molecule has 1 aliphatic heterocycles. The van der Waals surface area contributed by atoms with Gasteiger partial charge in [-0.3, -0.25) is 0 Å². The molecule has 0 aromatic carbocycles. The Labute approximate surface area is 99.9 Å². The third-order valence-electron chi connectivity index (χ3n) is 2.93. The van der Waals surface area contributed by atoms with Crippen LogP contribution in [-0.2, 0) is 0 Å². The van der Waals surface area contributed by atoms with Gasteiger partial charge in [0.2, 0.25) is 0 Å². The number of hydrogen-bond acceptors (Lipinski definition) is 4. The fraction of sp³-hybridized carbons (Fsp3) is 1.00. The first-order valence-electron chi connectivity index (χ1n) is 6.62. The molecule has 96 valence electrons. The standard InChI is InChI=1S/C12H28N4/c1-11-7-13-3-5-15-9-12(2)10-16-6-4-14-8-11/h11-16H,3-10H2,1-2H3. The van der Waals surface area contributed by atoms with E-state index in [2.05, 4.69) is 35.1 Å². The first kappa shape index (κ1) is 13.9. The van der Waals surface area contributed by atoms with Crippen molar-refractivity contribution in [2.75, 3.05) is 52.4 Å². The Balaban J connectivity index is 2.18. The Morgan fingerprint density at radius 3 is 1.06 bits per heavy atom. The molecule has 0 atom stereocenters. The zero-order valence-corrected chi connectivity index (χ0v) is 10.8. The zero-order chi connectivity index (χ0) is 11.6. The predicted octanol–water partition coefficient (Wildman–Crippen LogP) is -0.369. The van der Waals surface area contributed by atoms with Crippen LogP contribution in [0.3, 0.4) is 0 Å². The van der Waals surface area contributed by atoms with Crippen molar-refractivity contribution in [3.05, 3.63) is 0 Å². The average Bonchev–Trinajstić information content (AvgIpc) is 2.27. The molecule has 1 heterocycles. The Hall–Kier alpha value is -0.160. The molecular weight excluding hydrogens is 200 g/mol. The first-order chi connectivity index (χ1) is 7.79. The van der Waals surface area contributed by atoms with Crippen LogP contribution < -0.4 is 21.3 Å². The van der Waals surface area contributed by atoms with Crippen molar-refractivity contribution in [3.63, 3.8) is 0 Å². The molecule has 0 aromatic heterocycles. The Morgan fingerprint density at radius 2 is 0.812 bits per heavy atom. The van der Waals surface area contributed by atoms with Crippen LogP contribution in [-0.4, -0.2) is 52.4 Å². The van der Waals surface area contributed by atoms with Crippen LogP contribution in [0.25, 0.3) is 0 Å². The maximum absolute atomic E-state index is 3.49. The highest BCUT2D eigenvalue weighted by atomic mass is 15.0. The lowest BCUT2D eigenvalue weighted by molar-refractivity contribution is 0.430. The van der Waals surface area contributed by atoms with Crippen LogP contribution in [0.5, 0.6) is 0 Å². The van der Waals surface area contributed by atoms with Crippen LogP contribution in [0.2, 0.25) is 0 Å². The molecule has 0 bridgehead atoms. The molecule has 0 radical (unpaired) electrons. The summed E-state index contributed by atoms with van der Waals surface area (Å²) in [6, 6.07) is 0. The van der Waals surface area contributed by atoms with Crippen molar-refractivity contribution in [1.82, 2.24) is 21.3 Å². The summed E-state index contributed by atoms with van der Waals surface area (Å²) in [6.07, 6.45) is 0. The quantitative estimate of drug-likeness (QED) is 0.457. The van der Waals surface area contributed by atoms with Crippen molar-refractivity contribution in [2.24, 2.45) is 11.8 Å². The van der Waals surface area contributed by atoms with E-state index in [1.54, 1.807) is 0 Å². The second-order valence-corrected chi connectivity index (χ2v) is 5.03. The minimum absolute atomic E-state index is 0.710. The van der Waals surface area contributed by atoms with Gasteiger partial charge in [0.25, 0.3) is 0 Å². The highest BCUT2D eigenvalue weighted by Crippen LogP contribution is 1.91. The summed E-state index contributed by atoms with van der Waals surface area (Å²) >= 11 is 0. The summed E-state index contributed by atoms with van der Waals surface area (Å²) in [7, 11) is 0.